The van der Waals surface area contributed by atoms with Gasteiger partial charge in [0, 0.05) is 12.0 Å². The average Bonchev–Trinajstić information content (AvgIpc) is 2.91. The van der Waals surface area contributed by atoms with Gasteiger partial charge in [-0.05, 0) is 47.5 Å². The molecule has 2 N–H and O–H groups in total. The number of rotatable bonds is 11. The molecular weight excluding hydrogens is 464 g/mol. The first-order valence-electron chi connectivity index (χ1n) is 11.0. The minimum atomic E-state index is -1.19. The van der Waals surface area contributed by atoms with Crippen LogP contribution in [-0.2, 0) is 20.8 Å². The molecule has 0 bridgehead atoms. The van der Waals surface area contributed by atoms with E-state index in [4.69, 9.17) is 19.0 Å². The summed E-state index contributed by atoms with van der Waals surface area (Å²) in [5.74, 6) is 0.0613. The van der Waals surface area contributed by atoms with E-state index in [1.807, 2.05) is 30.3 Å². The molecule has 0 fully saturated rings. The number of ether oxygens (including phenoxy) is 3. The Kier molecular flexibility index (Phi) is 8.88. The van der Waals surface area contributed by atoms with Crippen LogP contribution in [0.15, 0.2) is 71.9 Å². The summed E-state index contributed by atoms with van der Waals surface area (Å²) < 4.78 is 16.1. The van der Waals surface area contributed by atoms with Crippen LogP contribution in [0.2, 0.25) is 0 Å². The van der Waals surface area contributed by atoms with E-state index in [0.717, 1.165) is 16.7 Å². The Labute approximate surface area is 209 Å². The van der Waals surface area contributed by atoms with Crippen molar-refractivity contribution in [2.24, 2.45) is 5.16 Å². The lowest BCUT2D eigenvalue weighted by Gasteiger charge is -2.17. The van der Waals surface area contributed by atoms with Crippen LogP contribution < -0.4 is 19.5 Å². The number of carbonyl (C=O) groups is 2. The lowest BCUT2D eigenvalue weighted by atomic mass is 9.99. The van der Waals surface area contributed by atoms with Crippen molar-refractivity contribution in [2.45, 2.75) is 12.5 Å². The largest absolute Gasteiger partial charge is 0.497 e. The van der Waals surface area contributed by atoms with E-state index in [0.29, 0.717) is 22.8 Å². The summed E-state index contributed by atoms with van der Waals surface area (Å²) in [5, 5.41) is 16.1. The summed E-state index contributed by atoms with van der Waals surface area (Å²) in [6, 6.07) is 18.2. The molecule has 3 aromatic rings. The van der Waals surface area contributed by atoms with E-state index in [2.05, 4.69) is 10.5 Å². The fraction of sp³-hybridized carbons (Fsp3) is 0.222. The third-order valence-electron chi connectivity index (χ3n) is 5.47. The number of nitrogens with zero attached hydrogens (tertiary/aromatic N) is 1. The molecule has 0 heterocycles. The lowest BCUT2D eigenvalue weighted by Crippen LogP contribution is -2.45. The van der Waals surface area contributed by atoms with Crippen molar-refractivity contribution < 1.29 is 33.7 Å². The Morgan fingerprint density at radius 2 is 1.47 bits per heavy atom. The van der Waals surface area contributed by atoms with Gasteiger partial charge >= 0.3 is 5.97 Å². The number of nitrogens with one attached hydrogen (secondary N) is 1. The zero-order valence-electron chi connectivity index (χ0n) is 20.5. The molecule has 0 aliphatic heterocycles. The smallest absolute Gasteiger partial charge is 0.326 e. The number of benzene rings is 3. The Morgan fingerprint density at radius 3 is 1.97 bits per heavy atom. The van der Waals surface area contributed by atoms with Crippen LogP contribution in [0.1, 0.15) is 11.1 Å². The van der Waals surface area contributed by atoms with Crippen LogP contribution in [0, 0.1) is 0 Å². The van der Waals surface area contributed by atoms with Crippen LogP contribution in [0.5, 0.6) is 17.2 Å². The van der Waals surface area contributed by atoms with Crippen molar-refractivity contribution in [1.82, 2.24) is 5.32 Å². The zero-order valence-corrected chi connectivity index (χ0v) is 20.5. The van der Waals surface area contributed by atoms with Crippen molar-refractivity contribution in [3.63, 3.8) is 0 Å². The van der Waals surface area contributed by atoms with Crippen LogP contribution in [0.3, 0.4) is 0 Å². The van der Waals surface area contributed by atoms with E-state index < -0.39 is 17.9 Å². The highest BCUT2D eigenvalue weighted by Crippen LogP contribution is 2.38. The normalized spacial score (nSPS) is 11.8. The summed E-state index contributed by atoms with van der Waals surface area (Å²) in [7, 11) is 6.01. The Bertz CT molecular complexity index is 1200. The maximum atomic E-state index is 12.9. The van der Waals surface area contributed by atoms with Crippen molar-refractivity contribution in [3.05, 3.63) is 77.9 Å². The van der Waals surface area contributed by atoms with Crippen molar-refractivity contribution in [3.8, 4) is 28.4 Å². The first-order chi connectivity index (χ1) is 17.4. The molecule has 0 aromatic heterocycles. The maximum Gasteiger partial charge on any atom is 0.326 e. The van der Waals surface area contributed by atoms with Gasteiger partial charge in [0.05, 0.1) is 26.9 Å². The topological polar surface area (TPSA) is 116 Å². The van der Waals surface area contributed by atoms with Gasteiger partial charge in [0.15, 0.2) is 5.71 Å². The van der Waals surface area contributed by atoms with Crippen molar-refractivity contribution in [1.29, 1.82) is 0 Å². The summed E-state index contributed by atoms with van der Waals surface area (Å²) >= 11 is 0. The van der Waals surface area contributed by atoms with E-state index in [1.165, 1.54) is 14.2 Å². The second kappa shape index (κ2) is 12.3. The van der Waals surface area contributed by atoms with Crippen molar-refractivity contribution in [2.75, 3.05) is 28.4 Å². The molecule has 0 radical (unpaired) electrons. The van der Waals surface area contributed by atoms with Gasteiger partial charge in [0.2, 0.25) is 0 Å². The Morgan fingerprint density at radius 1 is 0.861 bits per heavy atom. The highest BCUT2D eigenvalue weighted by molar-refractivity contribution is 6.45. The number of oxime groups is 1. The van der Waals surface area contributed by atoms with Crippen LogP contribution in [-0.4, -0.2) is 57.2 Å². The summed E-state index contributed by atoms with van der Waals surface area (Å²) in [6.07, 6.45) is 0.0628. The minimum Gasteiger partial charge on any atom is -0.497 e. The first-order valence-corrected chi connectivity index (χ1v) is 11.0. The summed E-state index contributed by atoms with van der Waals surface area (Å²) in [5.41, 5.74) is 2.75. The molecule has 1 atom stereocenters. The quantitative estimate of drug-likeness (QED) is 0.311. The van der Waals surface area contributed by atoms with Gasteiger partial charge in [-0.15, -0.1) is 0 Å². The molecule has 3 rings (SSSR count). The number of aliphatic carboxylic acids is 1. The molecule has 0 unspecified atom stereocenters. The third-order valence-corrected chi connectivity index (χ3v) is 5.47. The number of carboxylic acid groups (broad SMARTS) is 1. The molecular formula is C27H28N2O7. The van der Waals surface area contributed by atoms with Gasteiger partial charge in [0.1, 0.15) is 30.4 Å². The Balaban J connectivity index is 1.79. The zero-order chi connectivity index (χ0) is 26.1. The molecule has 9 nitrogen and oxygen atoms in total. The van der Waals surface area contributed by atoms with Crippen LogP contribution in [0.25, 0.3) is 11.1 Å². The second-order valence-corrected chi connectivity index (χ2v) is 7.65. The third kappa shape index (κ3) is 6.12. The summed E-state index contributed by atoms with van der Waals surface area (Å²) in [6.45, 7) is 0. The molecule has 188 valence electrons. The standard InChI is InChI=1S/C27H28N2O7/c1-33-20-14-12-19(13-15-20)25(29-36-4)26(30)28-21(27(31)32)16-17-8-10-18(11-9-17)24-22(34-2)6-5-7-23(24)35-3/h5-15,21H,16H2,1-4H3,(H,28,30)(H,31,32)/t21-/m0/s1. The number of methoxy groups -OCH3 is 3. The molecule has 36 heavy (non-hydrogen) atoms. The van der Waals surface area contributed by atoms with Gasteiger partial charge in [-0.3, -0.25) is 4.79 Å². The summed E-state index contributed by atoms with van der Waals surface area (Å²) in [4.78, 5) is 29.7. The lowest BCUT2D eigenvalue weighted by molar-refractivity contribution is -0.141. The fourth-order valence-electron chi connectivity index (χ4n) is 3.67. The SMILES string of the molecule is CON=C(C(=O)N[C@@H](Cc1ccc(-c2c(OC)cccc2OC)cc1)C(=O)O)c1ccc(OC)cc1. The predicted octanol–water partition coefficient (Wildman–Crippen LogP) is 3.54. The number of hydrogen-bond donors (Lipinski definition) is 2. The first kappa shape index (κ1) is 26.1. The van der Waals surface area contributed by atoms with Gasteiger partial charge in [-0.2, -0.15) is 0 Å². The van der Waals surface area contributed by atoms with Gasteiger partial charge in [-0.1, -0.05) is 35.5 Å². The van der Waals surface area contributed by atoms with E-state index in [1.54, 1.807) is 50.6 Å². The molecule has 0 spiro atoms. The van der Waals surface area contributed by atoms with Crippen LogP contribution in [0.4, 0.5) is 0 Å². The number of carbonyl (C=O) groups excluding carboxylic acids is 1. The van der Waals surface area contributed by atoms with E-state index >= 15 is 0 Å². The van der Waals surface area contributed by atoms with E-state index in [9.17, 15) is 14.7 Å². The molecule has 3 aromatic carbocycles. The predicted molar refractivity (Wildman–Crippen MR) is 135 cm³/mol. The number of amides is 1. The second-order valence-electron chi connectivity index (χ2n) is 7.65. The Hall–Kier alpha value is -4.53. The average molecular weight is 493 g/mol. The number of carboxylic acids is 1. The van der Waals surface area contributed by atoms with Gasteiger partial charge in [-0.25, -0.2) is 4.79 Å². The van der Waals surface area contributed by atoms with Gasteiger partial charge < -0.3 is 29.5 Å². The molecule has 0 aliphatic rings. The van der Waals surface area contributed by atoms with Gasteiger partial charge in [0.25, 0.3) is 5.91 Å². The van der Waals surface area contributed by atoms with Crippen LogP contribution >= 0.6 is 0 Å². The number of hydrogen-bond acceptors (Lipinski definition) is 7. The van der Waals surface area contributed by atoms with Crippen molar-refractivity contribution >= 4 is 17.6 Å². The monoisotopic (exact) mass is 492 g/mol. The highest BCUT2D eigenvalue weighted by Gasteiger charge is 2.25. The highest BCUT2D eigenvalue weighted by atomic mass is 16.6. The molecule has 0 saturated carbocycles. The van der Waals surface area contributed by atoms with E-state index in [-0.39, 0.29) is 12.1 Å². The molecule has 9 heteroatoms. The molecule has 0 aliphatic carbocycles. The minimum absolute atomic E-state index is 0.0509. The fourth-order valence-corrected chi connectivity index (χ4v) is 3.67. The molecule has 1 amide bonds. The molecule has 0 saturated heterocycles. The maximum absolute atomic E-state index is 12.9.